The summed E-state index contributed by atoms with van der Waals surface area (Å²) in [5.74, 6) is 0.948. The Hall–Kier alpha value is -1.32. The Morgan fingerprint density at radius 3 is 2.79 bits per heavy atom. The topological polar surface area (TPSA) is 35.2 Å². The Bertz CT molecular complexity index is 578. The number of aryl methyl sites for hydroxylation is 1. The lowest BCUT2D eigenvalue weighted by Crippen LogP contribution is -2.43. The smallest absolute Gasteiger partial charge is 0.124 e. The van der Waals surface area contributed by atoms with Gasteiger partial charge in [0, 0.05) is 28.2 Å². The maximum Gasteiger partial charge on any atom is 0.124 e. The van der Waals surface area contributed by atoms with Crippen LogP contribution in [0.15, 0.2) is 36.4 Å². The van der Waals surface area contributed by atoms with E-state index in [0.717, 1.165) is 30.6 Å². The zero-order valence-corrected chi connectivity index (χ0v) is 12.0. The zero-order chi connectivity index (χ0) is 13.3. The SMILES string of the molecule is CCc1ccc(CC2(N)CCOc3ccccc32)s1. The molecule has 0 radical (unpaired) electrons. The van der Waals surface area contributed by atoms with Crippen LogP contribution in [0.3, 0.4) is 0 Å². The van der Waals surface area contributed by atoms with Gasteiger partial charge in [-0.05, 0) is 24.6 Å². The van der Waals surface area contributed by atoms with Gasteiger partial charge >= 0.3 is 0 Å². The van der Waals surface area contributed by atoms with Crippen LogP contribution in [0.2, 0.25) is 0 Å². The first kappa shape index (κ1) is 12.7. The van der Waals surface area contributed by atoms with Crippen LogP contribution in [0.5, 0.6) is 5.75 Å². The summed E-state index contributed by atoms with van der Waals surface area (Å²) < 4.78 is 5.71. The van der Waals surface area contributed by atoms with Crippen LogP contribution in [0.4, 0.5) is 0 Å². The normalized spacial score (nSPS) is 21.8. The van der Waals surface area contributed by atoms with E-state index >= 15 is 0 Å². The second kappa shape index (κ2) is 4.99. The van der Waals surface area contributed by atoms with E-state index in [9.17, 15) is 0 Å². The van der Waals surface area contributed by atoms with E-state index in [0.29, 0.717) is 6.61 Å². The summed E-state index contributed by atoms with van der Waals surface area (Å²) in [5.41, 5.74) is 7.54. The van der Waals surface area contributed by atoms with E-state index in [2.05, 4.69) is 25.1 Å². The van der Waals surface area contributed by atoms with Crippen molar-refractivity contribution in [2.75, 3.05) is 6.61 Å². The van der Waals surface area contributed by atoms with Gasteiger partial charge in [-0.2, -0.15) is 0 Å². The predicted octanol–water partition coefficient (Wildman–Crippen LogP) is 3.49. The molecule has 1 aromatic heterocycles. The largest absolute Gasteiger partial charge is 0.493 e. The molecule has 1 aliphatic rings. The molecule has 2 N–H and O–H groups in total. The van der Waals surface area contributed by atoms with Crippen LogP contribution in [0, 0.1) is 0 Å². The van der Waals surface area contributed by atoms with Crippen molar-refractivity contribution in [1.82, 2.24) is 0 Å². The molecule has 2 nitrogen and oxygen atoms in total. The summed E-state index contributed by atoms with van der Waals surface area (Å²) in [4.78, 5) is 2.80. The number of rotatable bonds is 3. The molecule has 1 aromatic carbocycles. The molecule has 0 aliphatic carbocycles. The lowest BCUT2D eigenvalue weighted by Gasteiger charge is -2.35. The van der Waals surface area contributed by atoms with E-state index in [1.54, 1.807) is 0 Å². The molecule has 1 aliphatic heterocycles. The molecule has 2 heterocycles. The second-order valence-electron chi connectivity index (χ2n) is 5.15. The lowest BCUT2D eigenvalue weighted by atomic mass is 9.82. The van der Waals surface area contributed by atoms with Crippen molar-refractivity contribution in [3.8, 4) is 5.75 Å². The molecule has 0 saturated heterocycles. The minimum atomic E-state index is -0.287. The summed E-state index contributed by atoms with van der Waals surface area (Å²) in [7, 11) is 0. The number of benzene rings is 1. The standard InChI is InChI=1S/C16H19NOS/c1-2-12-7-8-13(19-12)11-16(17)9-10-18-15-6-4-3-5-14(15)16/h3-8H,2,9-11,17H2,1H3. The van der Waals surface area contributed by atoms with Gasteiger partial charge in [0.2, 0.25) is 0 Å². The fraction of sp³-hybridized carbons (Fsp3) is 0.375. The van der Waals surface area contributed by atoms with Crippen molar-refractivity contribution < 1.29 is 4.74 Å². The second-order valence-corrected chi connectivity index (χ2v) is 6.40. The zero-order valence-electron chi connectivity index (χ0n) is 11.2. The molecule has 0 fully saturated rings. The highest BCUT2D eigenvalue weighted by Gasteiger charge is 2.34. The third-order valence-corrected chi connectivity index (χ3v) is 5.01. The van der Waals surface area contributed by atoms with E-state index in [1.807, 2.05) is 29.5 Å². The first-order chi connectivity index (χ1) is 9.21. The number of hydrogen-bond acceptors (Lipinski definition) is 3. The van der Waals surface area contributed by atoms with Crippen molar-refractivity contribution in [1.29, 1.82) is 0 Å². The Labute approximate surface area is 118 Å². The van der Waals surface area contributed by atoms with Crippen LogP contribution in [0.1, 0.15) is 28.7 Å². The minimum Gasteiger partial charge on any atom is -0.493 e. The summed E-state index contributed by atoms with van der Waals surface area (Å²) in [6, 6.07) is 12.6. The molecule has 19 heavy (non-hydrogen) atoms. The monoisotopic (exact) mass is 273 g/mol. The average Bonchev–Trinajstić information content (AvgIpc) is 2.86. The Morgan fingerprint density at radius 2 is 2.00 bits per heavy atom. The Balaban J connectivity index is 1.91. The van der Waals surface area contributed by atoms with E-state index in [-0.39, 0.29) is 5.54 Å². The highest BCUT2D eigenvalue weighted by Crippen LogP contribution is 2.38. The average molecular weight is 273 g/mol. The van der Waals surface area contributed by atoms with E-state index in [1.165, 1.54) is 9.75 Å². The maximum absolute atomic E-state index is 6.68. The van der Waals surface area contributed by atoms with Gasteiger partial charge in [-0.25, -0.2) is 0 Å². The minimum absolute atomic E-state index is 0.287. The molecule has 0 amide bonds. The van der Waals surface area contributed by atoms with Gasteiger partial charge in [0.15, 0.2) is 0 Å². The van der Waals surface area contributed by atoms with Crippen molar-refractivity contribution in [2.24, 2.45) is 5.73 Å². The highest BCUT2D eigenvalue weighted by atomic mass is 32.1. The van der Waals surface area contributed by atoms with Gasteiger partial charge in [0.1, 0.15) is 5.75 Å². The molecule has 0 saturated carbocycles. The molecular weight excluding hydrogens is 254 g/mol. The summed E-state index contributed by atoms with van der Waals surface area (Å²) >= 11 is 1.88. The van der Waals surface area contributed by atoms with Gasteiger partial charge < -0.3 is 10.5 Å². The van der Waals surface area contributed by atoms with Gasteiger partial charge in [-0.15, -0.1) is 11.3 Å². The maximum atomic E-state index is 6.68. The lowest BCUT2D eigenvalue weighted by molar-refractivity contribution is 0.216. The number of hydrogen-bond donors (Lipinski definition) is 1. The fourth-order valence-corrected chi connectivity index (χ4v) is 3.77. The first-order valence-electron chi connectivity index (χ1n) is 6.80. The number of para-hydroxylation sites is 1. The van der Waals surface area contributed by atoms with Gasteiger partial charge in [-0.1, -0.05) is 25.1 Å². The van der Waals surface area contributed by atoms with Gasteiger partial charge in [-0.3, -0.25) is 0 Å². The molecule has 0 spiro atoms. The van der Waals surface area contributed by atoms with Crippen LogP contribution >= 0.6 is 11.3 Å². The van der Waals surface area contributed by atoms with Crippen molar-refractivity contribution >= 4 is 11.3 Å². The molecule has 3 rings (SSSR count). The van der Waals surface area contributed by atoms with Crippen LogP contribution in [0.25, 0.3) is 0 Å². The van der Waals surface area contributed by atoms with E-state index < -0.39 is 0 Å². The molecular formula is C16H19NOS. The quantitative estimate of drug-likeness (QED) is 0.929. The summed E-state index contributed by atoms with van der Waals surface area (Å²) in [6.45, 7) is 2.90. The fourth-order valence-electron chi connectivity index (χ4n) is 2.68. The van der Waals surface area contributed by atoms with Crippen molar-refractivity contribution in [3.05, 3.63) is 51.7 Å². The Morgan fingerprint density at radius 1 is 1.21 bits per heavy atom. The van der Waals surface area contributed by atoms with Crippen LogP contribution < -0.4 is 10.5 Å². The van der Waals surface area contributed by atoms with E-state index in [4.69, 9.17) is 10.5 Å². The highest BCUT2D eigenvalue weighted by molar-refractivity contribution is 7.12. The van der Waals surface area contributed by atoms with Crippen molar-refractivity contribution in [2.45, 2.75) is 31.7 Å². The number of nitrogens with two attached hydrogens (primary N) is 1. The molecule has 1 unspecified atom stereocenters. The van der Waals surface area contributed by atoms with Crippen molar-refractivity contribution in [3.63, 3.8) is 0 Å². The molecule has 0 bridgehead atoms. The summed E-state index contributed by atoms with van der Waals surface area (Å²) in [5, 5.41) is 0. The number of ether oxygens (including phenoxy) is 1. The molecule has 3 heteroatoms. The first-order valence-corrected chi connectivity index (χ1v) is 7.62. The molecule has 1 atom stereocenters. The van der Waals surface area contributed by atoms with Gasteiger partial charge in [0.25, 0.3) is 0 Å². The molecule has 100 valence electrons. The molecule has 2 aromatic rings. The van der Waals surface area contributed by atoms with Crippen LogP contribution in [-0.4, -0.2) is 6.61 Å². The number of fused-ring (bicyclic) bond motifs is 1. The number of thiophene rings is 1. The third-order valence-electron chi connectivity index (χ3n) is 3.78. The van der Waals surface area contributed by atoms with Gasteiger partial charge in [0.05, 0.1) is 12.1 Å². The predicted molar refractivity (Wildman–Crippen MR) is 79.8 cm³/mol. The Kier molecular flexibility index (Phi) is 3.33. The van der Waals surface area contributed by atoms with Crippen LogP contribution in [-0.2, 0) is 18.4 Å². The third kappa shape index (κ3) is 2.40. The summed E-state index contributed by atoms with van der Waals surface area (Å²) in [6.07, 6.45) is 2.88.